The summed E-state index contributed by atoms with van der Waals surface area (Å²) in [6.07, 6.45) is 1.27. The maximum Gasteiger partial charge on any atom is 0.224 e. The molecule has 0 heterocycles. The van der Waals surface area contributed by atoms with Crippen LogP contribution < -0.4 is 10.1 Å². The third-order valence-corrected chi connectivity index (χ3v) is 4.32. The van der Waals surface area contributed by atoms with Crippen molar-refractivity contribution < 1.29 is 14.6 Å². The zero-order chi connectivity index (χ0) is 16.2. The van der Waals surface area contributed by atoms with Crippen LogP contribution in [0.15, 0.2) is 48.5 Å². The molecule has 2 aromatic rings. The van der Waals surface area contributed by atoms with Gasteiger partial charge < -0.3 is 15.2 Å². The molecule has 0 bridgehead atoms. The van der Waals surface area contributed by atoms with E-state index in [1.165, 1.54) is 5.56 Å². The predicted molar refractivity (Wildman–Crippen MR) is 88.4 cm³/mol. The molecular formula is C19H21NO3. The van der Waals surface area contributed by atoms with E-state index in [2.05, 4.69) is 11.4 Å². The first-order valence-electron chi connectivity index (χ1n) is 7.85. The molecule has 120 valence electrons. The molecule has 1 amide bonds. The predicted octanol–water partition coefficient (Wildman–Crippen LogP) is 2.40. The number of benzene rings is 2. The molecule has 0 spiro atoms. The summed E-state index contributed by atoms with van der Waals surface area (Å²) in [6, 6.07) is 15.1. The molecule has 0 fully saturated rings. The van der Waals surface area contributed by atoms with Crippen LogP contribution in [0, 0.1) is 0 Å². The highest BCUT2D eigenvalue weighted by atomic mass is 16.5. The van der Waals surface area contributed by atoms with Crippen molar-refractivity contribution in [3.05, 3.63) is 65.2 Å². The SMILES string of the molecule is COc1ccc(CC(=O)N[C@H]2c3ccccc3CC[C@H]2O)cc1. The van der Waals surface area contributed by atoms with Crippen molar-refractivity contribution in [1.29, 1.82) is 0 Å². The number of aliphatic hydroxyl groups excluding tert-OH is 1. The minimum absolute atomic E-state index is 0.0871. The van der Waals surface area contributed by atoms with E-state index in [1.807, 2.05) is 42.5 Å². The number of aryl methyl sites for hydroxylation is 1. The Bertz CT molecular complexity index is 681. The van der Waals surface area contributed by atoms with Crippen LogP contribution in [0.25, 0.3) is 0 Å². The molecule has 0 unspecified atom stereocenters. The fraction of sp³-hybridized carbons (Fsp3) is 0.316. The summed E-state index contributed by atoms with van der Waals surface area (Å²) in [5.74, 6) is 0.682. The summed E-state index contributed by atoms with van der Waals surface area (Å²) in [5.41, 5.74) is 3.14. The Morgan fingerprint density at radius 1 is 1.22 bits per heavy atom. The molecule has 2 atom stereocenters. The molecule has 2 aromatic carbocycles. The van der Waals surface area contributed by atoms with E-state index in [4.69, 9.17) is 4.74 Å². The van der Waals surface area contributed by atoms with E-state index < -0.39 is 6.10 Å². The average Bonchev–Trinajstić information content (AvgIpc) is 2.58. The van der Waals surface area contributed by atoms with E-state index >= 15 is 0 Å². The van der Waals surface area contributed by atoms with E-state index in [0.717, 1.165) is 23.3 Å². The van der Waals surface area contributed by atoms with Crippen LogP contribution >= 0.6 is 0 Å². The molecule has 0 aliphatic heterocycles. The lowest BCUT2D eigenvalue weighted by atomic mass is 9.85. The van der Waals surface area contributed by atoms with Gasteiger partial charge in [0.25, 0.3) is 0 Å². The Morgan fingerprint density at radius 3 is 2.70 bits per heavy atom. The normalized spacial score (nSPS) is 19.7. The number of rotatable bonds is 4. The highest BCUT2D eigenvalue weighted by Crippen LogP contribution is 2.29. The van der Waals surface area contributed by atoms with Gasteiger partial charge in [0, 0.05) is 0 Å². The number of carbonyl (C=O) groups is 1. The second-order valence-electron chi connectivity index (χ2n) is 5.87. The molecule has 2 N–H and O–H groups in total. The topological polar surface area (TPSA) is 58.6 Å². The number of aliphatic hydroxyl groups is 1. The van der Waals surface area contributed by atoms with Crippen molar-refractivity contribution in [3.63, 3.8) is 0 Å². The second-order valence-corrected chi connectivity index (χ2v) is 5.87. The van der Waals surface area contributed by atoms with Crippen LogP contribution in [0.1, 0.15) is 29.2 Å². The van der Waals surface area contributed by atoms with Crippen LogP contribution in [0.2, 0.25) is 0 Å². The van der Waals surface area contributed by atoms with Crippen LogP contribution in [0.5, 0.6) is 5.75 Å². The van der Waals surface area contributed by atoms with Crippen LogP contribution in [-0.4, -0.2) is 24.2 Å². The van der Waals surface area contributed by atoms with Crippen molar-refractivity contribution in [2.45, 2.75) is 31.4 Å². The quantitative estimate of drug-likeness (QED) is 0.911. The third kappa shape index (κ3) is 3.54. The maximum atomic E-state index is 12.3. The Kier molecular flexibility index (Phi) is 4.63. The van der Waals surface area contributed by atoms with Gasteiger partial charge in [-0.2, -0.15) is 0 Å². The molecule has 0 aromatic heterocycles. The lowest BCUT2D eigenvalue weighted by Gasteiger charge is -2.31. The van der Waals surface area contributed by atoms with Crippen molar-refractivity contribution in [2.24, 2.45) is 0 Å². The first-order valence-corrected chi connectivity index (χ1v) is 7.85. The summed E-state index contributed by atoms with van der Waals surface area (Å²) in [5, 5.41) is 13.2. The highest BCUT2D eigenvalue weighted by Gasteiger charge is 2.28. The lowest BCUT2D eigenvalue weighted by Crippen LogP contribution is -2.39. The Labute approximate surface area is 136 Å². The number of hydrogen-bond donors (Lipinski definition) is 2. The molecule has 4 heteroatoms. The zero-order valence-corrected chi connectivity index (χ0v) is 13.2. The van der Waals surface area contributed by atoms with Gasteiger partial charge in [0.2, 0.25) is 5.91 Å². The summed E-state index contributed by atoms with van der Waals surface area (Å²) < 4.78 is 5.12. The smallest absolute Gasteiger partial charge is 0.224 e. The highest BCUT2D eigenvalue weighted by molar-refractivity contribution is 5.79. The fourth-order valence-corrected chi connectivity index (χ4v) is 3.07. The van der Waals surface area contributed by atoms with E-state index in [-0.39, 0.29) is 18.4 Å². The van der Waals surface area contributed by atoms with Gasteiger partial charge in [-0.1, -0.05) is 36.4 Å². The van der Waals surface area contributed by atoms with Gasteiger partial charge in [-0.15, -0.1) is 0 Å². The maximum absolute atomic E-state index is 12.3. The number of carbonyl (C=O) groups excluding carboxylic acids is 1. The van der Waals surface area contributed by atoms with Crippen LogP contribution in [-0.2, 0) is 17.6 Å². The first kappa shape index (κ1) is 15.6. The number of amides is 1. The molecule has 0 saturated heterocycles. The first-order chi connectivity index (χ1) is 11.2. The Morgan fingerprint density at radius 2 is 1.96 bits per heavy atom. The van der Waals surface area contributed by atoms with Gasteiger partial charge in [-0.3, -0.25) is 4.79 Å². The number of fused-ring (bicyclic) bond motifs is 1. The summed E-state index contributed by atoms with van der Waals surface area (Å²) in [4.78, 5) is 12.3. The minimum Gasteiger partial charge on any atom is -0.497 e. The van der Waals surface area contributed by atoms with Gasteiger partial charge in [0.05, 0.1) is 25.7 Å². The minimum atomic E-state index is -0.537. The molecule has 4 nitrogen and oxygen atoms in total. The summed E-state index contributed by atoms with van der Waals surface area (Å²) in [6.45, 7) is 0. The van der Waals surface area contributed by atoms with Gasteiger partial charge in [-0.25, -0.2) is 0 Å². The number of ether oxygens (including phenoxy) is 1. The fourth-order valence-electron chi connectivity index (χ4n) is 3.07. The number of methoxy groups -OCH3 is 1. The zero-order valence-electron chi connectivity index (χ0n) is 13.2. The molecule has 1 aliphatic rings. The molecule has 1 aliphatic carbocycles. The van der Waals surface area contributed by atoms with Gasteiger partial charge in [0.1, 0.15) is 5.75 Å². The molecular weight excluding hydrogens is 290 g/mol. The summed E-state index contributed by atoms with van der Waals surface area (Å²) >= 11 is 0. The molecule has 23 heavy (non-hydrogen) atoms. The third-order valence-electron chi connectivity index (χ3n) is 4.32. The molecule has 3 rings (SSSR count). The van der Waals surface area contributed by atoms with Gasteiger partial charge in [0.15, 0.2) is 0 Å². The van der Waals surface area contributed by atoms with E-state index in [9.17, 15) is 9.90 Å². The lowest BCUT2D eigenvalue weighted by molar-refractivity contribution is -0.122. The largest absolute Gasteiger partial charge is 0.497 e. The Balaban J connectivity index is 1.69. The van der Waals surface area contributed by atoms with E-state index in [0.29, 0.717) is 6.42 Å². The molecule has 0 radical (unpaired) electrons. The number of nitrogens with one attached hydrogen (secondary N) is 1. The van der Waals surface area contributed by atoms with E-state index in [1.54, 1.807) is 7.11 Å². The molecule has 0 saturated carbocycles. The average molecular weight is 311 g/mol. The van der Waals surface area contributed by atoms with Crippen molar-refractivity contribution in [2.75, 3.05) is 7.11 Å². The monoisotopic (exact) mass is 311 g/mol. The second kappa shape index (κ2) is 6.84. The van der Waals surface area contributed by atoms with Crippen LogP contribution in [0.4, 0.5) is 0 Å². The standard InChI is InChI=1S/C19H21NO3/c1-23-15-9-6-13(7-10-15)12-18(22)20-19-16-5-3-2-4-14(16)8-11-17(19)21/h2-7,9-10,17,19,21H,8,11-12H2,1H3,(H,20,22)/t17-,19+/m1/s1. The van der Waals surface area contributed by atoms with Crippen molar-refractivity contribution >= 4 is 5.91 Å². The van der Waals surface area contributed by atoms with Gasteiger partial charge in [-0.05, 0) is 41.7 Å². The van der Waals surface area contributed by atoms with Gasteiger partial charge >= 0.3 is 0 Å². The Hall–Kier alpha value is -2.33. The summed E-state index contributed by atoms with van der Waals surface area (Å²) in [7, 11) is 1.61. The number of hydrogen-bond acceptors (Lipinski definition) is 3. The van der Waals surface area contributed by atoms with Crippen molar-refractivity contribution in [3.8, 4) is 5.75 Å². The van der Waals surface area contributed by atoms with Crippen LogP contribution in [0.3, 0.4) is 0 Å². The van der Waals surface area contributed by atoms with Crippen molar-refractivity contribution in [1.82, 2.24) is 5.32 Å².